The van der Waals surface area contributed by atoms with Crippen molar-refractivity contribution in [1.82, 2.24) is 0 Å². The van der Waals surface area contributed by atoms with Crippen LogP contribution in [-0.4, -0.2) is 19.1 Å². The fourth-order valence-electron chi connectivity index (χ4n) is 2.86. The van der Waals surface area contributed by atoms with Crippen molar-refractivity contribution in [1.29, 1.82) is 0 Å². The zero-order valence-electron chi connectivity index (χ0n) is 14.9. The predicted molar refractivity (Wildman–Crippen MR) is 104 cm³/mol. The van der Waals surface area contributed by atoms with E-state index in [1.54, 1.807) is 0 Å². The van der Waals surface area contributed by atoms with Crippen LogP contribution in [0.4, 0.5) is 0 Å². The second kappa shape index (κ2) is 10.5. The van der Waals surface area contributed by atoms with Crippen molar-refractivity contribution in [3.63, 3.8) is 0 Å². The maximum atomic E-state index is 6.19. The van der Waals surface area contributed by atoms with Crippen LogP contribution in [0.15, 0.2) is 30.3 Å². The molecule has 2 aromatic rings. The molecule has 24 heavy (non-hydrogen) atoms. The third-order valence-corrected chi connectivity index (χ3v) is 4.46. The first-order valence-electron chi connectivity index (χ1n) is 9.18. The largest absolute Gasteiger partial charge is 0.493 e. The van der Waals surface area contributed by atoms with E-state index in [0.717, 1.165) is 48.1 Å². The Morgan fingerprint density at radius 1 is 0.875 bits per heavy atom. The summed E-state index contributed by atoms with van der Waals surface area (Å²) in [7, 11) is 0. The van der Waals surface area contributed by atoms with Crippen LogP contribution in [0.5, 0.6) is 11.5 Å². The standard InChI is InChI=1S/C21H29ClO2/c1-3-5-6-9-14-24-21-17(4-2)16-20(23-15-10-13-22)18-11-7-8-12-19(18)21/h7-8,11-12,16H,3-6,9-10,13-15H2,1-2H3. The van der Waals surface area contributed by atoms with E-state index in [4.69, 9.17) is 21.1 Å². The SMILES string of the molecule is CCCCCCOc1c(CC)cc(OCCCCl)c2ccccc12. The lowest BCUT2D eigenvalue weighted by atomic mass is 10.0. The van der Waals surface area contributed by atoms with Gasteiger partial charge in [-0.3, -0.25) is 0 Å². The van der Waals surface area contributed by atoms with Gasteiger partial charge in [-0.25, -0.2) is 0 Å². The molecule has 0 heterocycles. The molecule has 0 saturated carbocycles. The van der Waals surface area contributed by atoms with Crippen LogP contribution in [-0.2, 0) is 6.42 Å². The third kappa shape index (κ3) is 5.04. The lowest BCUT2D eigenvalue weighted by Gasteiger charge is -2.17. The van der Waals surface area contributed by atoms with Crippen molar-refractivity contribution in [2.45, 2.75) is 52.4 Å². The van der Waals surface area contributed by atoms with Crippen LogP contribution < -0.4 is 9.47 Å². The number of benzene rings is 2. The highest BCUT2D eigenvalue weighted by Gasteiger charge is 2.13. The Balaban J connectivity index is 2.24. The Morgan fingerprint density at radius 3 is 2.33 bits per heavy atom. The Morgan fingerprint density at radius 2 is 1.62 bits per heavy atom. The number of hydrogen-bond acceptors (Lipinski definition) is 2. The van der Waals surface area contributed by atoms with E-state index < -0.39 is 0 Å². The summed E-state index contributed by atoms with van der Waals surface area (Å²) < 4.78 is 12.2. The molecule has 0 aliphatic carbocycles. The van der Waals surface area contributed by atoms with Gasteiger partial charge in [-0.15, -0.1) is 11.6 Å². The minimum Gasteiger partial charge on any atom is -0.493 e. The third-order valence-electron chi connectivity index (χ3n) is 4.19. The van der Waals surface area contributed by atoms with E-state index in [1.807, 2.05) is 6.07 Å². The number of rotatable bonds is 11. The molecule has 0 radical (unpaired) electrons. The van der Waals surface area contributed by atoms with Crippen molar-refractivity contribution in [3.05, 3.63) is 35.9 Å². The lowest BCUT2D eigenvalue weighted by Crippen LogP contribution is -2.03. The number of unbranched alkanes of at least 4 members (excludes halogenated alkanes) is 3. The Hall–Kier alpha value is -1.41. The second-order valence-electron chi connectivity index (χ2n) is 6.06. The molecular formula is C21H29ClO2. The van der Waals surface area contributed by atoms with Gasteiger partial charge in [-0.05, 0) is 30.9 Å². The maximum absolute atomic E-state index is 6.19. The molecular weight excluding hydrogens is 320 g/mol. The first kappa shape index (κ1) is 18.9. The summed E-state index contributed by atoms with van der Waals surface area (Å²) in [5, 5.41) is 2.26. The predicted octanol–water partition coefficient (Wildman–Crippen LogP) is 6.37. The van der Waals surface area contributed by atoms with Gasteiger partial charge < -0.3 is 9.47 Å². The topological polar surface area (TPSA) is 18.5 Å². The molecule has 0 aromatic heterocycles. The first-order valence-corrected chi connectivity index (χ1v) is 9.71. The highest BCUT2D eigenvalue weighted by atomic mass is 35.5. The van der Waals surface area contributed by atoms with Crippen molar-refractivity contribution in [3.8, 4) is 11.5 Å². The number of hydrogen-bond donors (Lipinski definition) is 0. The number of fused-ring (bicyclic) bond motifs is 1. The van der Waals surface area contributed by atoms with Crippen LogP contribution in [0.3, 0.4) is 0 Å². The summed E-state index contributed by atoms with van der Waals surface area (Å²) in [4.78, 5) is 0. The van der Waals surface area contributed by atoms with Gasteiger partial charge in [-0.1, -0.05) is 57.4 Å². The fraction of sp³-hybridized carbons (Fsp3) is 0.524. The van der Waals surface area contributed by atoms with E-state index in [-0.39, 0.29) is 0 Å². The lowest BCUT2D eigenvalue weighted by molar-refractivity contribution is 0.303. The summed E-state index contributed by atoms with van der Waals surface area (Å²) in [6, 6.07) is 10.5. The first-order chi connectivity index (χ1) is 11.8. The molecule has 0 spiro atoms. The Bertz CT molecular complexity index is 625. The summed E-state index contributed by atoms with van der Waals surface area (Å²) >= 11 is 5.76. The summed E-state index contributed by atoms with van der Waals surface area (Å²) in [5.74, 6) is 2.58. The molecule has 0 atom stereocenters. The molecule has 0 aliphatic heterocycles. The van der Waals surface area contributed by atoms with E-state index in [0.29, 0.717) is 12.5 Å². The molecule has 0 N–H and O–H groups in total. The molecule has 0 fully saturated rings. The average molecular weight is 349 g/mol. The van der Waals surface area contributed by atoms with Gasteiger partial charge in [0.1, 0.15) is 11.5 Å². The molecule has 0 unspecified atom stereocenters. The van der Waals surface area contributed by atoms with E-state index in [9.17, 15) is 0 Å². The molecule has 2 aromatic carbocycles. The molecule has 0 bridgehead atoms. The van der Waals surface area contributed by atoms with E-state index in [2.05, 4.69) is 38.1 Å². The minimum absolute atomic E-state index is 0.623. The fourth-order valence-corrected chi connectivity index (χ4v) is 2.97. The van der Waals surface area contributed by atoms with Gasteiger partial charge in [0.05, 0.1) is 13.2 Å². The summed E-state index contributed by atoms with van der Waals surface area (Å²) in [6.45, 7) is 5.82. The monoisotopic (exact) mass is 348 g/mol. The number of aryl methyl sites for hydroxylation is 1. The van der Waals surface area contributed by atoms with Crippen molar-refractivity contribution in [2.75, 3.05) is 19.1 Å². The Labute approximate surface area is 151 Å². The number of alkyl halides is 1. The van der Waals surface area contributed by atoms with Crippen LogP contribution in [0.25, 0.3) is 10.8 Å². The maximum Gasteiger partial charge on any atom is 0.130 e. The van der Waals surface area contributed by atoms with Crippen LogP contribution in [0, 0.1) is 0 Å². The van der Waals surface area contributed by atoms with E-state index in [1.165, 1.54) is 24.8 Å². The zero-order valence-corrected chi connectivity index (χ0v) is 15.7. The van der Waals surface area contributed by atoms with Gasteiger partial charge in [0.25, 0.3) is 0 Å². The van der Waals surface area contributed by atoms with Gasteiger partial charge >= 0.3 is 0 Å². The molecule has 3 heteroatoms. The van der Waals surface area contributed by atoms with Crippen LogP contribution >= 0.6 is 11.6 Å². The van der Waals surface area contributed by atoms with Gasteiger partial charge in [0.15, 0.2) is 0 Å². The smallest absolute Gasteiger partial charge is 0.130 e. The van der Waals surface area contributed by atoms with Crippen molar-refractivity contribution < 1.29 is 9.47 Å². The van der Waals surface area contributed by atoms with Crippen molar-refractivity contribution in [2.24, 2.45) is 0 Å². The zero-order chi connectivity index (χ0) is 17.2. The number of ether oxygens (including phenoxy) is 2. The minimum atomic E-state index is 0.623. The molecule has 0 amide bonds. The molecule has 2 nitrogen and oxygen atoms in total. The molecule has 0 saturated heterocycles. The van der Waals surface area contributed by atoms with Crippen LogP contribution in [0.1, 0.15) is 51.5 Å². The number of halogens is 1. The Kier molecular flexibility index (Phi) is 8.24. The highest BCUT2D eigenvalue weighted by molar-refractivity contribution is 6.17. The van der Waals surface area contributed by atoms with Gasteiger partial charge in [-0.2, -0.15) is 0 Å². The van der Waals surface area contributed by atoms with Crippen molar-refractivity contribution >= 4 is 22.4 Å². The molecule has 2 rings (SSSR count). The quantitative estimate of drug-likeness (QED) is 0.347. The van der Waals surface area contributed by atoms with Gasteiger partial charge in [0.2, 0.25) is 0 Å². The normalized spacial score (nSPS) is 11.0. The summed E-state index contributed by atoms with van der Waals surface area (Å²) in [5.41, 5.74) is 1.21. The van der Waals surface area contributed by atoms with Crippen LogP contribution in [0.2, 0.25) is 0 Å². The molecule has 0 aliphatic rings. The van der Waals surface area contributed by atoms with Gasteiger partial charge in [0, 0.05) is 16.7 Å². The van der Waals surface area contributed by atoms with E-state index >= 15 is 0 Å². The highest BCUT2D eigenvalue weighted by Crippen LogP contribution is 2.37. The second-order valence-corrected chi connectivity index (χ2v) is 6.44. The molecule has 132 valence electrons. The summed E-state index contributed by atoms with van der Waals surface area (Å²) in [6.07, 6.45) is 6.65. The average Bonchev–Trinajstić information content (AvgIpc) is 2.62.